The van der Waals surface area contributed by atoms with Crippen molar-refractivity contribution in [2.45, 2.75) is 108 Å². The summed E-state index contributed by atoms with van der Waals surface area (Å²) in [5.74, 6) is -2.44. The van der Waals surface area contributed by atoms with Crippen LogP contribution in [0.2, 0.25) is 0 Å². The molecule has 2 fully saturated rings. The molecule has 0 aromatic heterocycles. The van der Waals surface area contributed by atoms with Gasteiger partial charge in [0.15, 0.2) is 11.6 Å². The highest BCUT2D eigenvalue weighted by atomic mass is 32.2. The first kappa shape index (κ1) is 31.3. The lowest BCUT2D eigenvalue weighted by molar-refractivity contribution is -0.176. The first-order valence-corrected chi connectivity index (χ1v) is 14.3. The Bertz CT molecular complexity index is 984. The van der Waals surface area contributed by atoms with Crippen LogP contribution >= 0.6 is 0 Å². The molecule has 0 spiro atoms. The summed E-state index contributed by atoms with van der Waals surface area (Å²) in [6.07, 6.45) is -1.33. The number of ether oxygens (including phenoxy) is 5. The lowest BCUT2D eigenvalue weighted by atomic mass is 9.90. The third-order valence-corrected chi connectivity index (χ3v) is 7.57. The summed E-state index contributed by atoms with van der Waals surface area (Å²) in [5.41, 5.74) is -4.49. The molecule has 12 heteroatoms. The molecule has 1 aromatic rings. The molecule has 2 heterocycles. The number of alkyl halides is 3. The molecule has 2 aliphatic heterocycles. The van der Waals surface area contributed by atoms with Crippen LogP contribution in [0, 0.1) is 5.92 Å². The largest absolute Gasteiger partial charge is 0.523 e. The van der Waals surface area contributed by atoms with E-state index in [0.717, 1.165) is 24.8 Å². The number of hydrogen-bond acceptors (Lipinski definition) is 8. The number of halogens is 3. The molecule has 218 valence electrons. The van der Waals surface area contributed by atoms with Gasteiger partial charge in [-0.2, -0.15) is 21.6 Å². The van der Waals surface area contributed by atoms with Crippen LogP contribution in [0.5, 0.6) is 0 Å². The maximum Gasteiger partial charge on any atom is 0.523 e. The summed E-state index contributed by atoms with van der Waals surface area (Å²) in [4.78, 5) is 0. The maximum absolute atomic E-state index is 13.3. The van der Waals surface area contributed by atoms with E-state index in [4.69, 9.17) is 27.9 Å². The molecule has 0 amide bonds. The predicted molar refractivity (Wildman–Crippen MR) is 132 cm³/mol. The van der Waals surface area contributed by atoms with Crippen molar-refractivity contribution in [3.63, 3.8) is 0 Å². The van der Waals surface area contributed by atoms with Gasteiger partial charge < -0.3 is 23.7 Å². The standard InChI is InChI=1S/C26H39F3O8S/c1-18(12-8-7-11-15-32-16-19-13-9-6-10-14-19)21-23(36-25(4,5)35-21)22(20-17-33-24(2,3)34-20)37-38(30,31)26(27,28)29/h6,9-10,13-14,18,20-23H,7-8,11-12,15-17H2,1-5H3/t18-,20+,21-,22-,23+/m0/s1. The molecule has 8 nitrogen and oxygen atoms in total. The van der Waals surface area contributed by atoms with E-state index in [1.54, 1.807) is 27.7 Å². The molecule has 0 bridgehead atoms. The fraction of sp³-hybridized carbons (Fsp3) is 0.769. The second-order valence-corrected chi connectivity index (χ2v) is 12.3. The van der Waals surface area contributed by atoms with Gasteiger partial charge in [0.2, 0.25) is 0 Å². The number of benzene rings is 1. The third-order valence-electron chi connectivity index (χ3n) is 6.53. The van der Waals surface area contributed by atoms with E-state index in [9.17, 15) is 21.6 Å². The number of hydrogen-bond donors (Lipinski definition) is 0. The molecule has 0 saturated carbocycles. The van der Waals surface area contributed by atoms with Gasteiger partial charge in [-0.3, -0.25) is 4.18 Å². The topological polar surface area (TPSA) is 89.5 Å². The van der Waals surface area contributed by atoms with Crippen LogP contribution < -0.4 is 0 Å². The van der Waals surface area contributed by atoms with Crippen LogP contribution in [-0.4, -0.2) is 63.1 Å². The zero-order valence-electron chi connectivity index (χ0n) is 22.5. The second kappa shape index (κ2) is 12.5. The van der Waals surface area contributed by atoms with Crippen molar-refractivity contribution in [3.8, 4) is 0 Å². The summed E-state index contributed by atoms with van der Waals surface area (Å²) in [6.45, 7) is 9.33. The van der Waals surface area contributed by atoms with Gasteiger partial charge in [-0.15, -0.1) is 0 Å². The first-order chi connectivity index (χ1) is 17.6. The molecule has 38 heavy (non-hydrogen) atoms. The average Bonchev–Trinajstić information content (AvgIpc) is 3.34. The molecule has 3 rings (SSSR count). The second-order valence-electron chi connectivity index (χ2n) is 10.8. The summed E-state index contributed by atoms with van der Waals surface area (Å²) in [5, 5.41) is 0. The molecule has 5 atom stereocenters. The van der Waals surface area contributed by atoms with Crippen LogP contribution in [0.15, 0.2) is 30.3 Å². The van der Waals surface area contributed by atoms with Gasteiger partial charge in [-0.1, -0.05) is 50.1 Å². The molecule has 1 aromatic carbocycles. The van der Waals surface area contributed by atoms with Gasteiger partial charge in [0.25, 0.3) is 0 Å². The Morgan fingerprint density at radius 1 is 0.974 bits per heavy atom. The maximum atomic E-state index is 13.3. The summed E-state index contributed by atoms with van der Waals surface area (Å²) in [7, 11) is -5.93. The minimum atomic E-state index is -5.93. The van der Waals surface area contributed by atoms with Crippen molar-refractivity contribution in [1.82, 2.24) is 0 Å². The Balaban J connectivity index is 1.61. The zero-order valence-corrected chi connectivity index (χ0v) is 23.3. The minimum absolute atomic E-state index is 0.157. The van der Waals surface area contributed by atoms with Crippen molar-refractivity contribution in [2.75, 3.05) is 13.2 Å². The quantitative estimate of drug-likeness (QED) is 0.180. The molecule has 0 radical (unpaired) electrons. The monoisotopic (exact) mass is 568 g/mol. The highest BCUT2D eigenvalue weighted by Crippen LogP contribution is 2.41. The molecular weight excluding hydrogens is 529 g/mol. The SMILES string of the molecule is C[C@@H](CCCCCOCc1ccccc1)[C@@H]1OC(C)(C)O[C@H]1[C@@H](OS(=O)(=O)C(F)(F)F)[C@H]1COC(C)(C)O1. The number of unbranched alkanes of at least 4 members (excludes halogenated alkanes) is 2. The van der Waals surface area contributed by atoms with Gasteiger partial charge in [0.1, 0.15) is 18.3 Å². The van der Waals surface area contributed by atoms with Crippen LogP contribution in [0.1, 0.15) is 65.9 Å². The summed E-state index contributed by atoms with van der Waals surface area (Å²) < 4.78 is 97.5. The molecule has 0 unspecified atom stereocenters. The van der Waals surface area contributed by atoms with Gasteiger partial charge in [0, 0.05) is 6.61 Å². The van der Waals surface area contributed by atoms with E-state index >= 15 is 0 Å². The van der Waals surface area contributed by atoms with Gasteiger partial charge in [-0.05, 0) is 52.0 Å². The van der Waals surface area contributed by atoms with E-state index in [0.29, 0.717) is 19.6 Å². The van der Waals surface area contributed by atoms with E-state index < -0.39 is 51.6 Å². The van der Waals surface area contributed by atoms with Crippen molar-refractivity contribution >= 4 is 10.1 Å². The Morgan fingerprint density at radius 3 is 2.24 bits per heavy atom. The van der Waals surface area contributed by atoms with Crippen LogP contribution in [0.3, 0.4) is 0 Å². The Morgan fingerprint density at radius 2 is 1.63 bits per heavy atom. The average molecular weight is 569 g/mol. The fourth-order valence-electron chi connectivity index (χ4n) is 4.69. The smallest absolute Gasteiger partial charge is 0.377 e. The van der Waals surface area contributed by atoms with E-state index in [-0.39, 0.29) is 12.5 Å². The highest BCUT2D eigenvalue weighted by Gasteiger charge is 2.57. The van der Waals surface area contributed by atoms with E-state index in [1.165, 1.54) is 0 Å². The highest BCUT2D eigenvalue weighted by molar-refractivity contribution is 7.87. The molecule has 0 N–H and O–H groups in total. The van der Waals surface area contributed by atoms with Crippen LogP contribution in [0.25, 0.3) is 0 Å². The van der Waals surface area contributed by atoms with Crippen molar-refractivity contribution in [2.24, 2.45) is 5.92 Å². The third kappa shape index (κ3) is 8.61. The molecule has 2 saturated heterocycles. The Hall–Kier alpha value is -1.28. The van der Waals surface area contributed by atoms with Gasteiger partial charge in [-0.25, -0.2) is 0 Å². The van der Waals surface area contributed by atoms with Crippen molar-refractivity contribution in [1.29, 1.82) is 0 Å². The zero-order chi connectivity index (χ0) is 28.2. The first-order valence-electron chi connectivity index (χ1n) is 12.9. The van der Waals surface area contributed by atoms with Crippen LogP contribution in [0.4, 0.5) is 13.2 Å². The summed E-state index contributed by atoms with van der Waals surface area (Å²) in [6, 6.07) is 9.89. The van der Waals surface area contributed by atoms with Gasteiger partial charge in [0.05, 0.1) is 19.3 Å². The number of rotatable bonds is 13. The Kier molecular flexibility index (Phi) is 10.3. The predicted octanol–water partition coefficient (Wildman–Crippen LogP) is 5.31. The minimum Gasteiger partial charge on any atom is -0.377 e. The van der Waals surface area contributed by atoms with Gasteiger partial charge >= 0.3 is 15.6 Å². The molecular formula is C26H39F3O8S. The molecule has 0 aliphatic carbocycles. The molecule has 2 aliphatic rings. The lowest BCUT2D eigenvalue weighted by Crippen LogP contribution is -2.50. The normalized spacial score (nSPS) is 26.9. The Labute approximate surface area is 223 Å². The van der Waals surface area contributed by atoms with E-state index in [1.807, 2.05) is 37.3 Å². The van der Waals surface area contributed by atoms with Crippen molar-refractivity contribution < 1.29 is 49.5 Å². The van der Waals surface area contributed by atoms with Crippen LogP contribution in [-0.2, 0) is 44.6 Å². The summed E-state index contributed by atoms with van der Waals surface area (Å²) >= 11 is 0. The van der Waals surface area contributed by atoms with Crippen molar-refractivity contribution in [3.05, 3.63) is 35.9 Å². The van der Waals surface area contributed by atoms with E-state index in [2.05, 4.69) is 0 Å². The lowest BCUT2D eigenvalue weighted by Gasteiger charge is -2.32. The fourth-order valence-corrected chi connectivity index (χ4v) is 5.33.